The number of aliphatic carboxylic acids is 2. The first-order valence-electron chi connectivity index (χ1n) is 12.2. The van der Waals surface area contributed by atoms with Gasteiger partial charge in [-0.3, -0.25) is 14.4 Å². The SMILES string of the molecule is CC(=O)O.N[C@H](Cc1ccc(O)cc1)C(=O)N[C@@H](Cc1ccccc1)C(=O)N[C@@H](Cc1ccccc1)C(=O)O. The summed E-state index contributed by atoms with van der Waals surface area (Å²) in [5, 5.41) is 31.8. The van der Waals surface area contributed by atoms with Crippen molar-refractivity contribution in [2.45, 2.75) is 44.3 Å². The van der Waals surface area contributed by atoms with Crippen molar-refractivity contribution >= 4 is 23.8 Å². The number of benzene rings is 3. The van der Waals surface area contributed by atoms with Crippen LogP contribution in [0.1, 0.15) is 23.6 Å². The van der Waals surface area contributed by atoms with Gasteiger partial charge >= 0.3 is 5.97 Å². The Morgan fingerprint density at radius 3 is 1.54 bits per heavy atom. The Bertz CT molecular complexity index is 1210. The number of hydrogen-bond donors (Lipinski definition) is 6. The fourth-order valence-corrected chi connectivity index (χ4v) is 3.64. The molecule has 0 aliphatic heterocycles. The highest BCUT2D eigenvalue weighted by atomic mass is 16.4. The number of phenols is 1. The van der Waals surface area contributed by atoms with E-state index in [1.54, 1.807) is 36.4 Å². The van der Waals surface area contributed by atoms with Gasteiger partial charge in [0.1, 0.15) is 17.8 Å². The molecule has 0 saturated heterocycles. The van der Waals surface area contributed by atoms with Crippen molar-refractivity contribution in [3.8, 4) is 5.75 Å². The Morgan fingerprint density at radius 2 is 1.08 bits per heavy atom. The molecule has 3 atom stereocenters. The predicted molar refractivity (Wildman–Crippen MR) is 145 cm³/mol. The zero-order valence-corrected chi connectivity index (χ0v) is 21.5. The van der Waals surface area contributed by atoms with Crippen LogP contribution < -0.4 is 16.4 Å². The monoisotopic (exact) mass is 535 g/mol. The Hall–Kier alpha value is -4.70. The molecule has 0 aromatic heterocycles. The molecule has 3 aromatic rings. The van der Waals surface area contributed by atoms with E-state index in [0.29, 0.717) is 0 Å². The van der Waals surface area contributed by atoms with Crippen molar-refractivity contribution in [3.63, 3.8) is 0 Å². The standard InChI is InChI=1S/C27H29N3O5.C2H4O2/c28-22(15-20-11-13-21(31)14-12-20)25(32)29-23(16-18-7-3-1-4-8-18)26(33)30-24(27(34)35)17-19-9-5-2-6-10-19;1-2(3)4/h1-14,22-24,31H,15-17,28H2,(H,29,32)(H,30,33)(H,34,35);1H3,(H,3,4)/t22-,23+,24+;/m1./s1. The highest BCUT2D eigenvalue weighted by molar-refractivity contribution is 5.92. The van der Waals surface area contributed by atoms with Crippen molar-refractivity contribution in [2.24, 2.45) is 5.73 Å². The summed E-state index contributed by atoms with van der Waals surface area (Å²) in [6.45, 7) is 1.08. The minimum absolute atomic E-state index is 0.105. The Labute approximate surface area is 226 Å². The summed E-state index contributed by atoms with van der Waals surface area (Å²) in [4.78, 5) is 46.8. The molecule has 0 aliphatic carbocycles. The van der Waals surface area contributed by atoms with Gasteiger partial charge in [-0.15, -0.1) is 0 Å². The quantitative estimate of drug-likeness (QED) is 0.215. The summed E-state index contributed by atoms with van der Waals surface area (Å²) in [7, 11) is 0. The van der Waals surface area contributed by atoms with Crippen molar-refractivity contribution in [3.05, 3.63) is 102 Å². The zero-order valence-electron chi connectivity index (χ0n) is 21.5. The number of carboxylic acid groups (broad SMARTS) is 2. The fraction of sp³-hybridized carbons (Fsp3) is 0.241. The number of aromatic hydroxyl groups is 1. The van der Waals surface area contributed by atoms with E-state index >= 15 is 0 Å². The van der Waals surface area contributed by atoms with Crippen molar-refractivity contribution in [1.82, 2.24) is 10.6 Å². The summed E-state index contributed by atoms with van der Waals surface area (Å²) >= 11 is 0. The van der Waals surface area contributed by atoms with Gasteiger partial charge in [0.2, 0.25) is 11.8 Å². The van der Waals surface area contributed by atoms with E-state index in [1.807, 2.05) is 36.4 Å². The van der Waals surface area contributed by atoms with Crippen molar-refractivity contribution in [2.75, 3.05) is 0 Å². The first kappa shape index (κ1) is 30.5. The Morgan fingerprint density at radius 1 is 0.667 bits per heavy atom. The van der Waals surface area contributed by atoms with Gasteiger partial charge in [-0.2, -0.15) is 0 Å². The third kappa shape index (κ3) is 11.5. The van der Waals surface area contributed by atoms with Gasteiger partial charge in [0, 0.05) is 19.8 Å². The summed E-state index contributed by atoms with van der Waals surface area (Å²) in [6.07, 6.45) is 0.480. The number of carboxylic acids is 2. The average Bonchev–Trinajstić information content (AvgIpc) is 2.90. The van der Waals surface area contributed by atoms with Gasteiger partial charge < -0.3 is 31.7 Å². The molecular formula is C29H33N3O7. The largest absolute Gasteiger partial charge is 0.508 e. The molecule has 0 unspecified atom stereocenters. The first-order chi connectivity index (χ1) is 18.5. The third-order valence-corrected chi connectivity index (χ3v) is 5.54. The van der Waals surface area contributed by atoms with Gasteiger partial charge in [0.25, 0.3) is 5.97 Å². The molecule has 39 heavy (non-hydrogen) atoms. The minimum atomic E-state index is -1.17. The fourth-order valence-electron chi connectivity index (χ4n) is 3.64. The van der Waals surface area contributed by atoms with E-state index in [4.69, 9.17) is 15.6 Å². The lowest BCUT2D eigenvalue weighted by atomic mass is 10.0. The van der Waals surface area contributed by atoms with Crippen LogP contribution in [0.4, 0.5) is 0 Å². The van der Waals surface area contributed by atoms with Crippen molar-refractivity contribution < 1.29 is 34.5 Å². The molecule has 7 N–H and O–H groups in total. The molecule has 0 bridgehead atoms. The molecule has 0 heterocycles. The predicted octanol–water partition coefficient (Wildman–Crippen LogP) is 1.89. The number of amides is 2. The van der Waals surface area contributed by atoms with Crippen LogP contribution in [0.15, 0.2) is 84.9 Å². The normalized spacial score (nSPS) is 12.6. The molecule has 10 nitrogen and oxygen atoms in total. The lowest BCUT2D eigenvalue weighted by Crippen LogP contribution is -2.55. The van der Waals surface area contributed by atoms with Gasteiger partial charge in [-0.1, -0.05) is 72.8 Å². The maximum absolute atomic E-state index is 13.1. The second kappa shape index (κ2) is 15.5. The second-order valence-corrected chi connectivity index (χ2v) is 8.84. The van der Waals surface area contributed by atoms with Gasteiger partial charge in [-0.25, -0.2) is 4.79 Å². The molecule has 0 radical (unpaired) electrons. The number of nitrogens with two attached hydrogens (primary N) is 1. The van der Waals surface area contributed by atoms with Crippen LogP contribution in [0.5, 0.6) is 5.75 Å². The molecule has 0 aliphatic rings. The van der Waals surface area contributed by atoms with Crippen LogP contribution in [0.3, 0.4) is 0 Å². The maximum atomic E-state index is 13.1. The summed E-state index contributed by atoms with van der Waals surface area (Å²) in [5.74, 6) is -3.04. The van der Waals surface area contributed by atoms with E-state index in [0.717, 1.165) is 23.6 Å². The summed E-state index contributed by atoms with van der Waals surface area (Å²) < 4.78 is 0. The van der Waals surface area contributed by atoms with E-state index in [-0.39, 0.29) is 25.0 Å². The molecule has 0 fully saturated rings. The number of carbonyl (C=O) groups excluding carboxylic acids is 2. The van der Waals surface area contributed by atoms with Gasteiger partial charge in [0.05, 0.1) is 6.04 Å². The molecule has 0 saturated carbocycles. The Kier molecular flexibility index (Phi) is 12.2. The molecule has 3 aromatic carbocycles. The molecular weight excluding hydrogens is 502 g/mol. The van der Waals surface area contributed by atoms with Crippen LogP contribution in [0.2, 0.25) is 0 Å². The molecule has 0 spiro atoms. The highest BCUT2D eigenvalue weighted by Gasteiger charge is 2.28. The van der Waals surface area contributed by atoms with Crippen LogP contribution in [-0.4, -0.2) is 57.2 Å². The number of nitrogens with one attached hydrogen (secondary N) is 2. The lowest BCUT2D eigenvalue weighted by molar-refractivity contribution is -0.142. The smallest absolute Gasteiger partial charge is 0.326 e. The van der Waals surface area contributed by atoms with Crippen LogP contribution in [0, 0.1) is 0 Å². The minimum Gasteiger partial charge on any atom is -0.508 e. The summed E-state index contributed by atoms with van der Waals surface area (Å²) in [5.41, 5.74) is 8.40. The number of rotatable bonds is 11. The summed E-state index contributed by atoms with van der Waals surface area (Å²) in [6, 6.07) is 21.3. The number of carbonyl (C=O) groups is 4. The topological polar surface area (TPSA) is 179 Å². The second-order valence-electron chi connectivity index (χ2n) is 8.84. The molecule has 10 heteroatoms. The molecule has 2 amide bonds. The third-order valence-electron chi connectivity index (χ3n) is 5.54. The van der Waals surface area contributed by atoms with Crippen molar-refractivity contribution in [1.29, 1.82) is 0 Å². The van der Waals surface area contributed by atoms with E-state index in [2.05, 4.69) is 10.6 Å². The van der Waals surface area contributed by atoms with Crippen LogP contribution in [-0.2, 0) is 38.4 Å². The Balaban J connectivity index is 0.00000124. The van der Waals surface area contributed by atoms with Gasteiger partial charge in [0.15, 0.2) is 0 Å². The van der Waals surface area contributed by atoms with Crippen LogP contribution in [0.25, 0.3) is 0 Å². The number of hydrogen-bond acceptors (Lipinski definition) is 6. The molecule has 206 valence electrons. The number of phenolic OH excluding ortho intramolecular Hbond substituents is 1. The lowest BCUT2D eigenvalue weighted by Gasteiger charge is -2.23. The van der Waals surface area contributed by atoms with Crippen LogP contribution >= 0.6 is 0 Å². The highest BCUT2D eigenvalue weighted by Crippen LogP contribution is 2.12. The van der Waals surface area contributed by atoms with Gasteiger partial charge in [-0.05, 0) is 35.2 Å². The van der Waals surface area contributed by atoms with E-state index in [9.17, 15) is 24.6 Å². The average molecular weight is 536 g/mol. The maximum Gasteiger partial charge on any atom is 0.326 e. The van der Waals surface area contributed by atoms with E-state index in [1.165, 1.54) is 12.1 Å². The zero-order chi connectivity index (χ0) is 28.8. The van der Waals surface area contributed by atoms with E-state index < -0.39 is 41.9 Å². The first-order valence-corrected chi connectivity index (χ1v) is 12.2. The molecule has 3 rings (SSSR count).